The van der Waals surface area contributed by atoms with Crippen LogP contribution in [0.5, 0.6) is 5.75 Å². The van der Waals surface area contributed by atoms with Crippen molar-refractivity contribution in [1.82, 2.24) is 4.57 Å². The standard InChI is InChI=1S/C19H16ClN3O4S/c1-3-10-22-17-15(27-4-2)6-5-7-16(17)28-19(22)21-18(24)13-11-12(20)8-9-14(13)23(25)26/h3,5-9,11H,1,4,10H2,2H3. The van der Waals surface area contributed by atoms with Gasteiger partial charge >= 0.3 is 0 Å². The monoisotopic (exact) mass is 417 g/mol. The van der Waals surface area contributed by atoms with Gasteiger partial charge < -0.3 is 9.30 Å². The first-order valence-electron chi connectivity index (χ1n) is 8.35. The van der Waals surface area contributed by atoms with Gasteiger partial charge in [-0.1, -0.05) is 35.1 Å². The van der Waals surface area contributed by atoms with Crippen LogP contribution in [0.4, 0.5) is 5.69 Å². The van der Waals surface area contributed by atoms with Crippen molar-refractivity contribution in [2.75, 3.05) is 6.61 Å². The fourth-order valence-electron chi connectivity index (χ4n) is 2.74. The van der Waals surface area contributed by atoms with Crippen LogP contribution >= 0.6 is 22.9 Å². The number of carbonyl (C=O) groups excluding carboxylic acids is 1. The molecule has 0 atom stereocenters. The van der Waals surface area contributed by atoms with Gasteiger partial charge in [0, 0.05) is 17.6 Å². The van der Waals surface area contributed by atoms with E-state index in [4.69, 9.17) is 16.3 Å². The summed E-state index contributed by atoms with van der Waals surface area (Å²) in [7, 11) is 0. The van der Waals surface area contributed by atoms with E-state index >= 15 is 0 Å². The number of benzene rings is 2. The van der Waals surface area contributed by atoms with Gasteiger partial charge in [-0.25, -0.2) is 0 Å². The van der Waals surface area contributed by atoms with Gasteiger partial charge in [0.2, 0.25) is 0 Å². The normalized spacial score (nSPS) is 11.6. The second-order valence-corrected chi connectivity index (χ2v) is 7.10. The average Bonchev–Trinajstić information content (AvgIpc) is 3.00. The number of nitro benzene ring substituents is 1. The largest absolute Gasteiger partial charge is 0.492 e. The zero-order chi connectivity index (χ0) is 20.3. The predicted molar refractivity (Wildman–Crippen MR) is 109 cm³/mol. The zero-order valence-corrected chi connectivity index (χ0v) is 16.5. The maximum Gasteiger partial charge on any atom is 0.286 e. The summed E-state index contributed by atoms with van der Waals surface area (Å²) in [4.78, 5) is 27.9. The molecule has 2 aromatic carbocycles. The van der Waals surface area contributed by atoms with E-state index in [9.17, 15) is 14.9 Å². The summed E-state index contributed by atoms with van der Waals surface area (Å²) in [5.74, 6) is -0.0720. The minimum atomic E-state index is -0.739. The number of hydrogen-bond acceptors (Lipinski definition) is 5. The van der Waals surface area contributed by atoms with E-state index in [2.05, 4.69) is 11.6 Å². The molecule has 7 nitrogen and oxygen atoms in total. The molecule has 9 heteroatoms. The number of halogens is 1. The SMILES string of the molecule is C=CCn1c(=NC(=O)c2cc(Cl)ccc2[N+](=O)[O-])sc2cccc(OCC)c21. The number of para-hydroxylation sites is 1. The average molecular weight is 418 g/mol. The molecule has 0 radical (unpaired) electrons. The molecule has 0 saturated carbocycles. The number of amides is 1. The Labute approximate surface area is 169 Å². The number of hydrogen-bond donors (Lipinski definition) is 0. The van der Waals surface area contributed by atoms with Crippen LogP contribution in [0.15, 0.2) is 54.0 Å². The Morgan fingerprint density at radius 1 is 1.43 bits per heavy atom. The Hall–Kier alpha value is -2.97. The van der Waals surface area contributed by atoms with E-state index in [1.807, 2.05) is 25.1 Å². The second-order valence-electron chi connectivity index (χ2n) is 5.66. The summed E-state index contributed by atoms with van der Waals surface area (Å²) in [6.07, 6.45) is 1.68. The van der Waals surface area contributed by atoms with E-state index in [0.29, 0.717) is 23.7 Å². The van der Waals surface area contributed by atoms with Gasteiger partial charge in [-0.3, -0.25) is 14.9 Å². The molecule has 28 heavy (non-hydrogen) atoms. The maximum absolute atomic E-state index is 12.7. The summed E-state index contributed by atoms with van der Waals surface area (Å²) >= 11 is 7.21. The highest BCUT2D eigenvalue weighted by molar-refractivity contribution is 7.16. The Kier molecular flexibility index (Phi) is 5.91. The first-order valence-corrected chi connectivity index (χ1v) is 9.54. The van der Waals surface area contributed by atoms with Crippen molar-refractivity contribution >= 4 is 44.7 Å². The zero-order valence-electron chi connectivity index (χ0n) is 14.9. The molecule has 1 amide bonds. The molecule has 3 aromatic rings. The highest BCUT2D eigenvalue weighted by Gasteiger charge is 2.21. The minimum Gasteiger partial charge on any atom is -0.492 e. The number of rotatable bonds is 6. The van der Waals surface area contributed by atoms with E-state index in [0.717, 1.165) is 10.2 Å². The smallest absolute Gasteiger partial charge is 0.286 e. The predicted octanol–water partition coefficient (Wildman–Crippen LogP) is 4.59. The first kappa shape index (κ1) is 19.8. The Morgan fingerprint density at radius 3 is 2.89 bits per heavy atom. The van der Waals surface area contributed by atoms with Gasteiger partial charge in [-0.2, -0.15) is 4.99 Å². The Balaban J connectivity index is 2.22. The lowest BCUT2D eigenvalue weighted by molar-refractivity contribution is -0.385. The van der Waals surface area contributed by atoms with Crippen LogP contribution in [-0.4, -0.2) is 22.0 Å². The van der Waals surface area contributed by atoms with Gasteiger partial charge in [-0.15, -0.1) is 6.58 Å². The molecule has 0 saturated heterocycles. The molecule has 0 unspecified atom stereocenters. The third-order valence-corrected chi connectivity index (χ3v) is 5.14. The lowest BCUT2D eigenvalue weighted by Crippen LogP contribution is -2.17. The fraction of sp³-hybridized carbons (Fsp3) is 0.158. The van der Waals surface area contributed by atoms with Crippen LogP contribution in [0.3, 0.4) is 0 Å². The molecule has 144 valence electrons. The molecule has 0 fully saturated rings. The van der Waals surface area contributed by atoms with Crippen molar-refractivity contribution in [1.29, 1.82) is 0 Å². The van der Waals surface area contributed by atoms with Gasteiger partial charge in [0.1, 0.15) is 16.8 Å². The summed E-state index contributed by atoms with van der Waals surface area (Å²) in [6.45, 7) is 6.53. The molecule has 0 aliphatic heterocycles. The van der Waals surface area contributed by atoms with Crippen molar-refractivity contribution in [3.05, 3.63) is 74.6 Å². The molecule has 0 spiro atoms. The molecule has 0 bridgehead atoms. The minimum absolute atomic E-state index is 0.162. The molecule has 0 aliphatic carbocycles. The Bertz CT molecular complexity index is 1150. The molecule has 3 rings (SSSR count). The van der Waals surface area contributed by atoms with Crippen LogP contribution in [0.2, 0.25) is 5.02 Å². The maximum atomic E-state index is 12.7. The topological polar surface area (TPSA) is 86.7 Å². The highest BCUT2D eigenvalue weighted by atomic mass is 35.5. The number of carbonyl (C=O) groups is 1. The van der Waals surface area contributed by atoms with E-state index in [1.54, 1.807) is 10.6 Å². The molecule has 1 heterocycles. The molecule has 0 N–H and O–H groups in total. The van der Waals surface area contributed by atoms with Gasteiger partial charge in [0.15, 0.2) is 4.80 Å². The third kappa shape index (κ3) is 3.83. The number of ether oxygens (including phenoxy) is 1. The lowest BCUT2D eigenvalue weighted by Gasteiger charge is -2.08. The van der Waals surface area contributed by atoms with Crippen molar-refractivity contribution in [2.45, 2.75) is 13.5 Å². The van der Waals surface area contributed by atoms with Crippen molar-refractivity contribution in [2.24, 2.45) is 4.99 Å². The van der Waals surface area contributed by atoms with Crippen LogP contribution in [0.1, 0.15) is 17.3 Å². The molecule has 1 aromatic heterocycles. The number of fused-ring (bicyclic) bond motifs is 1. The third-order valence-electron chi connectivity index (χ3n) is 3.86. The van der Waals surface area contributed by atoms with Gasteiger partial charge in [0.25, 0.3) is 11.6 Å². The van der Waals surface area contributed by atoms with Gasteiger partial charge in [0.05, 0.1) is 16.2 Å². The lowest BCUT2D eigenvalue weighted by atomic mass is 10.2. The summed E-state index contributed by atoms with van der Waals surface area (Å²) in [5.41, 5.74) is 0.288. The summed E-state index contributed by atoms with van der Waals surface area (Å²) < 4.78 is 8.37. The fourth-order valence-corrected chi connectivity index (χ4v) is 3.97. The Morgan fingerprint density at radius 2 is 2.21 bits per heavy atom. The van der Waals surface area contributed by atoms with E-state index in [1.165, 1.54) is 29.5 Å². The molecule has 0 aliphatic rings. The molecular weight excluding hydrogens is 402 g/mol. The summed E-state index contributed by atoms with van der Waals surface area (Å²) in [5, 5.41) is 11.5. The van der Waals surface area contributed by atoms with E-state index in [-0.39, 0.29) is 16.3 Å². The summed E-state index contributed by atoms with van der Waals surface area (Å²) in [6, 6.07) is 9.40. The number of allylic oxidation sites excluding steroid dienone is 1. The van der Waals surface area contributed by atoms with Crippen LogP contribution in [-0.2, 0) is 6.54 Å². The van der Waals surface area contributed by atoms with Crippen LogP contribution in [0.25, 0.3) is 10.2 Å². The van der Waals surface area contributed by atoms with Crippen molar-refractivity contribution < 1.29 is 14.5 Å². The number of thiazole rings is 1. The number of aromatic nitrogens is 1. The second kappa shape index (κ2) is 8.37. The van der Waals surface area contributed by atoms with E-state index < -0.39 is 10.8 Å². The van der Waals surface area contributed by atoms with Crippen LogP contribution in [0, 0.1) is 10.1 Å². The van der Waals surface area contributed by atoms with Gasteiger partial charge in [-0.05, 0) is 31.2 Å². The van der Waals surface area contributed by atoms with Crippen molar-refractivity contribution in [3.8, 4) is 5.75 Å². The first-order chi connectivity index (χ1) is 13.5. The molecular formula is C19H16ClN3O4S. The quantitative estimate of drug-likeness (QED) is 0.333. The number of nitro groups is 1. The number of nitrogens with zero attached hydrogens (tertiary/aromatic N) is 3. The highest BCUT2D eigenvalue weighted by Crippen LogP contribution is 2.28. The van der Waals surface area contributed by atoms with Crippen LogP contribution < -0.4 is 9.54 Å². The van der Waals surface area contributed by atoms with Crippen molar-refractivity contribution in [3.63, 3.8) is 0 Å².